The molecular weight excluding hydrogens is 232 g/mol. The van der Waals surface area contributed by atoms with Gasteiger partial charge in [-0.15, -0.1) is 0 Å². The molecule has 1 aromatic heterocycles. The summed E-state index contributed by atoms with van der Waals surface area (Å²) in [6.45, 7) is 0.197. The second-order valence-corrected chi connectivity index (χ2v) is 3.76. The third-order valence-electron chi connectivity index (χ3n) is 2.41. The summed E-state index contributed by atoms with van der Waals surface area (Å²) in [5, 5.41) is 22.8. The molecule has 92 valence electrons. The average Bonchev–Trinajstić information content (AvgIpc) is 2.38. The number of rotatable bonds is 4. The Labute approximate surface area is 104 Å². The van der Waals surface area contributed by atoms with E-state index in [-0.39, 0.29) is 13.0 Å². The average molecular weight is 244 g/mol. The van der Waals surface area contributed by atoms with Gasteiger partial charge in [-0.1, -0.05) is 0 Å². The van der Waals surface area contributed by atoms with Gasteiger partial charge in [0.25, 0.3) is 0 Å². The van der Waals surface area contributed by atoms with Crippen molar-refractivity contribution >= 4 is 6.21 Å². The van der Waals surface area contributed by atoms with E-state index in [0.29, 0.717) is 4.73 Å². The second-order valence-electron chi connectivity index (χ2n) is 3.76. The van der Waals surface area contributed by atoms with Gasteiger partial charge in [0, 0.05) is 24.0 Å². The van der Waals surface area contributed by atoms with Crippen LogP contribution < -0.4 is 10.0 Å². The van der Waals surface area contributed by atoms with Crippen molar-refractivity contribution in [2.24, 2.45) is 4.99 Å². The van der Waals surface area contributed by atoms with Gasteiger partial charge in [0.05, 0.1) is 12.7 Å². The van der Waals surface area contributed by atoms with Crippen LogP contribution in [0.25, 0.3) is 0 Å². The van der Waals surface area contributed by atoms with Gasteiger partial charge in [-0.25, -0.2) is 4.99 Å². The number of allylic oxidation sites excluding steroid dienone is 1. The number of nitriles is 1. The molecule has 0 radical (unpaired) electrons. The molecule has 0 saturated carbocycles. The number of aromatic nitrogens is 1. The van der Waals surface area contributed by atoms with E-state index in [4.69, 9.17) is 10.00 Å². The summed E-state index contributed by atoms with van der Waals surface area (Å²) in [6.07, 6.45) is 7.86. The van der Waals surface area contributed by atoms with Crippen LogP contribution in [-0.4, -0.2) is 12.1 Å². The maximum Gasteiger partial charge on any atom is 0.250 e. The molecule has 1 aliphatic rings. The van der Waals surface area contributed by atoms with Gasteiger partial charge in [0.2, 0.25) is 5.85 Å². The smallest absolute Gasteiger partial charge is 0.250 e. The summed E-state index contributed by atoms with van der Waals surface area (Å²) in [7, 11) is 0. The quantitative estimate of drug-likeness (QED) is 0.620. The highest BCUT2D eigenvalue weighted by molar-refractivity contribution is 5.72. The Morgan fingerprint density at radius 2 is 2.50 bits per heavy atom. The van der Waals surface area contributed by atoms with Crippen LogP contribution in [0.2, 0.25) is 0 Å². The fraction of sp³-hybridized carbons (Fsp3) is 0.250. The minimum atomic E-state index is -1.06. The van der Waals surface area contributed by atoms with Crippen molar-refractivity contribution in [3.05, 3.63) is 47.6 Å². The van der Waals surface area contributed by atoms with Gasteiger partial charge >= 0.3 is 0 Å². The van der Waals surface area contributed by atoms with Crippen molar-refractivity contribution in [3.8, 4) is 6.07 Å². The molecule has 0 aliphatic carbocycles. The molecule has 2 heterocycles. The van der Waals surface area contributed by atoms with Crippen LogP contribution in [0.4, 0.5) is 0 Å². The number of nitrogens with zero attached hydrogens (tertiary/aromatic N) is 3. The largest absolute Gasteiger partial charge is 0.619 e. The first-order valence-corrected chi connectivity index (χ1v) is 5.41. The highest BCUT2D eigenvalue weighted by atomic mass is 16.5. The van der Waals surface area contributed by atoms with Crippen LogP contribution in [0.5, 0.6) is 0 Å². The molecule has 0 spiro atoms. The lowest BCUT2D eigenvalue weighted by molar-refractivity contribution is -0.606. The molecule has 1 atom stereocenters. The molecule has 1 N–H and O–H groups in total. The Balaban J connectivity index is 2.05. The van der Waals surface area contributed by atoms with E-state index in [1.807, 2.05) is 6.07 Å². The Bertz CT molecular complexity index is 521. The zero-order valence-electron chi connectivity index (χ0n) is 9.61. The molecule has 0 saturated heterocycles. The van der Waals surface area contributed by atoms with E-state index >= 15 is 0 Å². The fourth-order valence-corrected chi connectivity index (χ4v) is 1.54. The first-order valence-electron chi connectivity index (χ1n) is 5.41. The first kappa shape index (κ1) is 12.1. The van der Waals surface area contributed by atoms with E-state index in [9.17, 15) is 5.21 Å². The summed E-state index contributed by atoms with van der Waals surface area (Å²) in [4.78, 5) is 4.14. The molecule has 0 aromatic carbocycles. The van der Waals surface area contributed by atoms with Crippen LogP contribution in [-0.2, 0) is 11.3 Å². The number of aliphatic imine (C=N–C) groups is 1. The third kappa shape index (κ3) is 2.84. The lowest BCUT2D eigenvalue weighted by Gasteiger charge is -2.29. The van der Waals surface area contributed by atoms with Gasteiger partial charge in [-0.05, 0) is 12.1 Å². The molecule has 2 rings (SSSR count). The Hall–Kier alpha value is -2.39. The molecular formula is C12H12N4O2. The summed E-state index contributed by atoms with van der Waals surface area (Å²) in [6, 6.07) is 5.44. The minimum absolute atomic E-state index is 0.0814. The minimum Gasteiger partial charge on any atom is -0.619 e. The second kappa shape index (κ2) is 5.29. The SMILES string of the molecule is N#CCC1(OCc2ccc[n+]([O-])c2)N=CC=CN1. The van der Waals surface area contributed by atoms with E-state index in [1.165, 1.54) is 12.4 Å². The van der Waals surface area contributed by atoms with E-state index < -0.39 is 5.85 Å². The Morgan fingerprint density at radius 3 is 3.17 bits per heavy atom. The molecule has 6 heteroatoms. The van der Waals surface area contributed by atoms with E-state index in [2.05, 4.69) is 10.3 Å². The van der Waals surface area contributed by atoms with Gasteiger partial charge < -0.3 is 15.3 Å². The molecule has 1 unspecified atom stereocenters. The number of pyridine rings is 1. The zero-order valence-corrected chi connectivity index (χ0v) is 9.61. The molecule has 6 nitrogen and oxygen atoms in total. The predicted octanol–water partition coefficient (Wildman–Crippen LogP) is 0.592. The zero-order chi connectivity index (χ0) is 12.8. The lowest BCUT2D eigenvalue weighted by atomic mass is 10.2. The monoisotopic (exact) mass is 244 g/mol. The first-order chi connectivity index (χ1) is 8.74. The number of hydrogen-bond donors (Lipinski definition) is 1. The highest BCUT2D eigenvalue weighted by Gasteiger charge is 2.29. The highest BCUT2D eigenvalue weighted by Crippen LogP contribution is 2.18. The molecule has 1 aromatic rings. The Kier molecular flexibility index (Phi) is 3.55. The fourth-order valence-electron chi connectivity index (χ4n) is 1.54. The summed E-state index contributed by atoms with van der Waals surface area (Å²) >= 11 is 0. The molecule has 18 heavy (non-hydrogen) atoms. The standard InChI is InChI=1S/C12H12N4O2/c13-5-4-12(14-6-2-7-15-12)18-10-11-3-1-8-16(17)9-11/h1-3,6-9,14H,4,10H2. The third-order valence-corrected chi connectivity index (χ3v) is 2.41. The van der Waals surface area contributed by atoms with E-state index in [0.717, 1.165) is 5.56 Å². The number of ether oxygens (including phenoxy) is 1. The van der Waals surface area contributed by atoms with Crippen LogP contribution in [0, 0.1) is 16.5 Å². The van der Waals surface area contributed by atoms with Crippen LogP contribution in [0.3, 0.4) is 0 Å². The van der Waals surface area contributed by atoms with Gasteiger partial charge in [-0.2, -0.15) is 9.99 Å². The molecule has 0 fully saturated rings. The maximum atomic E-state index is 11.1. The van der Waals surface area contributed by atoms with Crippen molar-refractivity contribution < 1.29 is 9.47 Å². The topological polar surface area (TPSA) is 84.3 Å². The van der Waals surface area contributed by atoms with Crippen LogP contribution >= 0.6 is 0 Å². The van der Waals surface area contributed by atoms with Crippen LogP contribution in [0.15, 0.2) is 41.8 Å². The summed E-state index contributed by atoms with van der Waals surface area (Å²) in [5.74, 6) is -1.06. The predicted molar refractivity (Wildman–Crippen MR) is 63.9 cm³/mol. The van der Waals surface area contributed by atoms with Gasteiger partial charge in [0.15, 0.2) is 12.4 Å². The lowest BCUT2D eigenvalue weighted by Crippen LogP contribution is -2.44. The summed E-state index contributed by atoms with van der Waals surface area (Å²) in [5.41, 5.74) is 0.719. The molecule has 1 aliphatic heterocycles. The van der Waals surface area contributed by atoms with Crippen molar-refractivity contribution in [3.63, 3.8) is 0 Å². The number of hydrogen-bond acceptors (Lipinski definition) is 5. The maximum absolute atomic E-state index is 11.1. The van der Waals surface area contributed by atoms with Crippen molar-refractivity contribution in [1.82, 2.24) is 5.32 Å². The van der Waals surface area contributed by atoms with Gasteiger partial charge in [-0.3, -0.25) is 0 Å². The Morgan fingerprint density at radius 1 is 1.61 bits per heavy atom. The molecule has 0 bridgehead atoms. The molecule has 0 amide bonds. The number of nitrogens with one attached hydrogen (secondary N) is 1. The van der Waals surface area contributed by atoms with Crippen molar-refractivity contribution in [2.45, 2.75) is 18.9 Å². The van der Waals surface area contributed by atoms with Crippen LogP contribution in [0.1, 0.15) is 12.0 Å². The normalized spacial score (nSPS) is 21.3. The van der Waals surface area contributed by atoms with Crippen molar-refractivity contribution in [2.75, 3.05) is 0 Å². The van der Waals surface area contributed by atoms with Gasteiger partial charge in [0.1, 0.15) is 6.42 Å². The summed E-state index contributed by atoms with van der Waals surface area (Å²) < 4.78 is 6.32. The van der Waals surface area contributed by atoms with Crippen molar-refractivity contribution in [1.29, 1.82) is 5.26 Å². The van der Waals surface area contributed by atoms with E-state index in [1.54, 1.807) is 30.6 Å².